The maximum atomic E-state index is 5.96. The van der Waals surface area contributed by atoms with Crippen LogP contribution in [0.25, 0.3) is 0 Å². The molecule has 0 N–H and O–H groups in total. The highest BCUT2D eigenvalue weighted by Gasteiger charge is 2.26. The van der Waals surface area contributed by atoms with Crippen molar-refractivity contribution < 1.29 is 4.74 Å². The second-order valence-corrected chi connectivity index (χ2v) is 7.17. The van der Waals surface area contributed by atoms with Crippen LogP contribution in [0.1, 0.15) is 64.2 Å². The summed E-state index contributed by atoms with van der Waals surface area (Å²) in [6.45, 7) is 4.77. The highest BCUT2D eigenvalue weighted by Crippen LogP contribution is 2.27. The molecule has 1 saturated heterocycles. The molecule has 0 spiro atoms. The van der Waals surface area contributed by atoms with E-state index >= 15 is 0 Å². The Bertz CT molecular complexity index is 185. The second-order valence-electron chi connectivity index (χ2n) is 5.35. The quantitative estimate of drug-likeness (QED) is 0.360. The van der Waals surface area contributed by atoms with Crippen LogP contribution in [-0.4, -0.2) is 22.1 Å². The molecule has 1 heterocycles. The normalized spacial score (nSPS) is 25.8. The molecule has 2 heteroatoms. The number of rotatable bonds is 8. The summed E-state index contributed by atoms with van der Waals surface area (Å²) in [5.74, 6) is 0. The lowest BCUT2D eigenvalue weighted by molar-refractivity contribution is -0.0240. The van der Waals surface area contributed by atoms with Gasteiger partial charge in [0, 0.05) is 22.1 Å². The number of allylic oxidation sites excluding steroid dienone is 1. The third-order valence-electron chi connectivity index (χ3n) is 3.66. The Morgan fingerprint density at radius 3 is 2.56 bits per heavy atom. The Hall–Kier alpha value is -0.0831. The van der Waals surface area contributed by atoms with Crippen LogP contribution < -0.4 is 0 Å². The van der Waals surface area contributed by atoms with E-state index in [-0.39, 0.29) is 0 Å². The summed E-state index contributed by atoms with van der Waals surface area (Å²) in [6.07, 6.45) is 15.4. The zero-order chi connectivity index (χ0) is 11.7. The van der Waals surface area contributed by atoms with Gasteiger partial charge >= 0.3 is 0 Å². The van der Waals surface area contributed by atoms with Crippen molar-refractivity contribution in [1.82, 2.24) is 0 Å². The average molecular weight is 240 g/mol. The molecule has 1 nitrogen and oxygen atoms in total. The van der Waals surface area contributed by atoms with Gasteiger partial charge in [0.05, 0.1) is 0 Å². The van der Waals surface area contributed by atoms with Gasteiger partial charge in [-0.3, -0.25) is 0 Å². The summed E-state index contributed by atoms with van der Waals surface area (Å²) in [5.41, 5.74) is 0. The van der Waals surface area contributed by atoms with Gasteiger partial charge in [-0.25, -0.2) is 0 Å². The molecule has 0 amide bonds. The van der Waals surface area contributed by atoms with E-state index < -0.39 is 0 Å². The summed E-state index contributed by atoms with van der Waals surface area (Å²) in [6, 6.07) is 0. The Labute approximate surface area is 104 Å². The molecule has 0 saturated carbocycles. The third-order valence-corrected chi connectivity index (χ3v) is 4.95. The molecule has 1 fully saturated rings. The second kappa shape index (κ2) is 8.07. The van der Waals surface area contributed by atoms with Gasteiger partial charge in [0.2, 0.25) is 0 Å². The zero-order valence-electron chi connectivity index (χ0n) is 11.0. The molecule has 1 aliphatic heterocycles. The van der Waals surface area contributed by atoms with E-state index in [1.54, 1.807) is 0 Å². The van der Waals surface area contributed by atoms with Gasteiger partial charge in [-0.2, -0.15) is 0 Å². The molecule has 1 rings (SSSR count). The molecule has 0 radical (unpaired) electrons. The molecule has 94 valence electrons. The predicted molar refractivity (Wildman–Crippen MR) is 75.0 cm³/mol. The Balaban J connectivity index is 1.95. The highest BCUT2D eigenvalue weighted by molar-refractivity contribution is 6.14. The van der Waals surface area contributed by atoms with Crippen LogP contribution in [0.5, 0.6) is 0 Å². The van der Waals surface area contributed by atoms with Gasteiger partial charge in [0.25, 0.3) is 0 Å². The van der Waals surface area contributed by atoms with Gasteiger partial charge in [0.1, 0.15) is 0 Å². The minimum atomic E-state index is 0.347. The van der Waals surface area contributed by atoms with Crippen molar-refractivity contribution in [3.63, 3.8) is 0 Å². The molecule has 1 aliphatic rings. The third kappa shape index (κ3) is 5.85. The van der Waals surface area contributed by atoms with Crippen molar-refractivity contribution >= 4 is 10.2 Å². The first kappa shape index (κ1) is 14.0. The van der Waals surface area contributed by atoms with E-state index in [4.69, 9.17) is 4.74 Å². The molecular formula is C14H28OSi. The average Bonchev–Trinajstić information content (AvgIpc) is 2.29. The predicted octanol–water partition coefficient (Wildman–Crippen LogP) is 3.17. The van der Waals surface area contributed by atoms with Gasteiger partial charge in [0.15, 0.2) is 0 Å². The van der Waals surface area contributed by atoms with Gasteiger partial charge < -0.3 is 4.74 Å². The molecule has 0 aliphatic carbocycles. The van der Waals surface area contributed by atoms with Crippen LogP contribution in [0, 0.1) is 0 Å². The van der Waals surface area contributed by atoms with Crippen LogP contribution in [0.15, 0.2) is 12.7 Å². The molecule has 16 heavy (non-hydrogen) atoms. The lowest BCUT2D eigenvalue weighted by Gasteiger charge is -2.34. The molecular weight excluding hydrogens is 212 g/mol. The highest BCUT2D eigenvalue weighted by atomic mass is 28.1. The Morgan fingerprint density at radius 2 is 1.88 bits per heavy atom. The van der Waals surface area contributed by atoms with E-state index in [0.29, 0.717) is 5.22 Å². The van der Waals surface area contributed by atoms with Crippen molar-refractivity contribution in [2.75, 3.05) is 6.61 Å². The van der Waals surface area contributed by atoms with E-state index in [1.807, 2.05) is 6.08 Å². The Morgan fingerprint density at radius 1 is 1.12 bits per heavy atom. The smallest absolute Gasteiger partial charge is 0.0486 e. The first-order valence-corrected chi connectivity index (χ1v) is 8.02. The minimum absolute atomic E-state index is 0.347. The summed E-state index contributed by atoms with van der Waals surface area (Å²) < 4.78 is 5.96. The van der Waals surface area contributed by atoms with Crippen LogP contribution >= 0.6 is 0 Å². The van der Waals surface area contributed by atoms with E-state index in [0.717, 1.165) is 6.61 Å². The van der Waals surface area contributed by atoms with Gasteiger partial charge in [-0.15, -0.1) is 6.58 Å². The van der Waals surface area contributed by atoms with Crippen LogP contribution in [-0.2, 0) is 4.74 Å². The maximum absolute atomic E-state index is 5.96. The van der Waals surface area contributed by atoms with Crippen LogP contribution in [0.2, 0.25) is 0 Å². The summed E-state index contributed by atoms with van der Waals surface area (Å²) in [7, 11) is 1.21. The molecule has 0 aromatic rings. The zero-order valence-corrected chi connectivity index (χ0v) is 13.0. The topological polar surface area (TPSA) is 9.23 Å². The lowest BCUT2D eigenvalue weighted by atomic mass is 10.0. The van der Waals surface area contributed by atoms with Crippen molar-refractivity contribution in [3.05, 3.63) is 12.7 Å². The SMILES string of the molecule is C=CCCCCCCCC1([SiH3])CCCCO1. The fraction of sp³-hybridized carbons (Fsp3) is 0.857. The molecule has 0 aromatic carbocycles. The number of hydrogen-bond acceptors (Lipinski definition) is 1. The molecule has 1 unspecified atom stereocenters. The fourth-order valence-electron chi connectivity index (χ4n) is 2.51. The molecule has 1 atom stereocenters. The maximum Gasteiger partial charge on any atom is 0.0486 e. The largest absolute Gasteiger partial charge is 0.380 e. The Kier molecular flexibility index (Phi) is 7.05. The summed E-state index contributed by atoms with van der Waals surface area (Å²) >= 11 is 0. The van der Waals surface area contributed by atoms with Gasteiger partial charge in [-0.05, 0) is 38.5 Å². The van der Waals surface area contributed by atoms with Crippen molar-refractivity contribution in [3.8, 4) is 0 Å². The number of hydrogen-bond donors (Lipinski definition) is 0. The van der Waals surface area contributed by atoms with Crippen molar-refractivity contribution in [1.29, 1.82) is 0 Å². The van der Waals surface area contributed by atoms with Crippen molar-refractivity contribution in [2.24, 2.45) is 0 Å². The summed E-state index contributed by atoms with van der Waals surface area (Å²) in [4.78, 5) is 0. The monoisotopic (exact) mass is 240 g/mol. The van der Waals surface area contributed by atoms with E-state index in [2.05, 4.69) is 6.58 Å². The van der Waals surface area contributed by atoms with Gasteiger partial charge in [-0.1, -0.05) is 31.8 Å². The molecule has 0 bridgehead atoms. The van der Waals surface area contributed by atoms with E-state index in [1.165, 1.54) is 74.5 Å². The van der Waals surface area contributed by atoms with E-state index in [9.17, 15) is 0 Å². The van der Waals surface area contributed by atoms with Crippen LogP contribution in [0.4, 0.5) is 0 Å². The molecule has 0 aromatic heterocycles. The lowest BCUT2D eigenvalue weighted by Crippen LogP contribution is -2.36. The summed E-state index contributed by atoms with van der Waals surface area (Å²) in [5, 5.41) is 0.347. The van der Waals surface area contributed by atoms with Crippen molar-refractivity contribution in [2.45, 2.75) is 69.4 Å². The van der Waals surface area contributed by atoms with Crippen LogP contribution in [0.3, 0.4) is 0 Å². The standard InChI is InChI=1S/C14H28OSi/c1-2-3-4-5-6-7-8-11-14(16)12-9-10-13-15-14/h2H,1,3-13H2,16H3. The minimum Gasteiger partial charge on any atom is -0.380 e. The number of ether oxygens (including phenoxy) is 1. The fourth-order valence-corrected chi connectivity index (χ4v) is 3.42. The first-order chi connectivity index (χ1) is 7.77. The first-order valence-electron chi connectivity index (χ1n) is 7.02. The number of unbranched alkanes of at least 4 members (excludes halogenated alkanes) is 5.